The highest BCUT2D eigenvalue weighted by Gasteiger charge is 2.14. The van der Waals surface area contributed by atoms with E-state index in [9.17, 15) is 9.90 Å². The average Bonchev–Trinajstić information content (AvgIpc) is 3.15. The molecular formula is C15H13N3O3S2. The predicted molar refractivity (Wildman–Crippen MR) is 89.8 cm³/mol. The minimum atomic E-state index is -0.235. The van der Waals surface area contributed by atoms with E-state index >= 15 is 0 Å². The minimum Gasteiger partial charge on any atom is -0.508 e. The molecule has 0 saturated heterocycles. The second-order valence-corrected chi connectivity index (χ2v) is 6.64. The summed E-state index contributed by atoms with van der Waals surface area (Å²) in [5, 5.41) is 21.5. The molecule has 0 bridgehead atoms. The smallest absolute Gasteiger partial charge is 0.322 e. The Morgan fingerprint density at radius 1 is 1.30 bits per heavy atom. The van der Waals surface area contributed by atoms with Crippen LogP contribution in [-0.4, -0.2) is 27.0 Å². The van der Waals surface area contributed by atoms with Gasteiger partial charge in [0.05, 0.1) is 10.6 Å². The van der Waals surface area contributed by atoms with Crippen molar-refractivity contribution in [2.24, 2.45) is 0 Å². The number of aryl methyl sites for hydroxylation is 1. The number of carbonyl (C=O) groups is 1. The van der Waals surface area contributed by atoms with Crippen LogP contribution < -0.4 is 5.32 Å². The van der Waals surface area contributed by atoms with Crippen LogP contribution in [0.5, 0.6) is 5.75 Å². The van der Waals surface area contributed by atoms with E-state index in [-0.39, 0.29) is 23.4 Å². The first-order valence-corrected chi connectivity index (χ1v) is 8.58. The first-order chi connectivity index (χ1) is 11.1. The van der Waals surface area contributed by atoms with Crippen molar-refractivity contribution in [1.29, 1.82) is 0 Å². The van der Waals surface area contributed by atoms with Gasteiger partial charge in [-0.2, -0.15) is 0 Å². The van der Waals surface area contributed by atoms with Crippen molar-refractivity contribution in [3.8, 4) is 16.5 Å². The first-order valence-electron chi connectivity index (χ1n) is 6.71. The van der Waals surface area contributed by atoms with Crippen molar-refractivity contribution in [3.63, 3.8) is 0 Å². The average molecular weight is 347 g/mol. The van der Waals surface area contributed by atoms with Crippen LogP contribution in [0, 0.1) is 6.92 Å². The summed E-state index contributed by atoms with van der Waals surface area (Å²) in [5.41, 5.74) is 1.06. The van der Waals surface area contributed by atoms with Crippen LogP contribution in [0.4, 0.5) is 6.01 Å². The van der Waals surface area contributed by atoms with Crippen molar-refractivity contribution >= 4 is 35.0 Å². The van der Waals surface area contributed by atoms with Gasteiger partial charge in [0.2, 0.25) is 5.91 Å². The largest absolute Gasteiger partial charge is 0.508 e. The molecule has 3 aromatic rings. The van der Waals surface area contributed by atoms with Gasteiger partial charge in [-0.3, -0.25) is 10.1 Å². The van der Waals surface area contributed by atoms with Crippen LogP contribution in [0.3, 0.4) is 0 Å². The van der Waals surface area contributed by atoms with E-state index in [2.05, 4.69) is 15.5 Å². The number of hydrogen-bond acceptors (Lipinski definition) is 7. The molecule has 2 N–H and O–H groups in total. The number of anilines is 1. The summed E-state index contributed by atoms with van der Waals surface area (Å²) in [6.07, 6.45) is 0. The van der Waals surface area contributed by atoms with Gasteiger partial charge >= 0.3 is 6.01 Å². The lowest BCUT2D eigenvalue weighted by Gasteiger charge is -2.01. The summed E-state index contributed by atoms with van der Waals surface area (Å²) >= 11 is 2.86. The van der Waals surface area contributed by atoms with E-state index in [0.717, 1.165) is 15.3 Å². The van der Waals surface area contributed by atoms with E-state index < -0.39 is 0 Å². The number of hydrogen-bond donors (Lipinski definition) is 2. The SMILES string of the molecule is Cc1ccsc1-c1nnc(NC(=O)CSc2ccc(O)cc2)o1. The lowest BCUT2D eigenvalue weighted by Crippen LogP contribution is -2.14. The van der Waals surface area contributed by atoms with Crippen LogP contribution in [0.2, 0.25) is 0 Å². The molecule has 8 heteroatoms. The summed E-state index contributed by atoms with van der Waals surface area (Å²) in [5.74, 6) is 0.571. The third-order valence-electron chi connectivity index (χ3n) is 2.93. The number of nitrogens with one attached hydrogen (secondary N) is 1. The van der Waals surface area contributed by atoms with E-state index in [0.29, 0.717) is 5.89 Å². The Hall–Kier alpha value is -2.32. The molecule has 1 aromatic carbocycles. The Balaban J connectivity index is 1.57. The number of phenolic OH excluding ortho intramolecular Hbond substituents is 1. The van der Waals surface area contributed by atoms with E-state index in [4.69, 9.17) is 4.42 Å². The first kappa shape index (κ1) is 15.6. The number of nitrogens with zero attached hydrogens (tertiary/aromatic N) is 2. The second kappa shape index (κ2) is 6.84. The number of thiophene rings is 1. The van der Waals surface area contributed by atoms with Gasteiger partial charge in [-0.25, -0.2) is 0 Å². The number of aromatic hydroxyl groups is 1. The predicted octanol–water partition coefficient (Wildman–Crippen LogP) is 3.54. The molecule has 3 rings (SSSR count). The highest BCUT2D eigenvalue weighted by atomic mass is 32.2. The van der Waals surface area contributed by atoms with Gasteiger partial charge in [-0.15, -0.1) is 28.2 Å². The standard InChI is InChI=1S/C15H13N3O3S2/c1-9-6-7-22-13(9)14-17-18-15(21-14)16-12(20)8-23-11-4-2-10(19)3-5-11/h2-7,19H,8H2,1H3,(H,16,18,20). The molecule has 0 aliphatic carbocycles. The quantitative estimate of drug-likeness (QED) is 0.686. The normalized spacial score (nSPS) is 10.7. The summed E-state index contributed by atoms with van der Waals surface area (Å²) < 4.78 is 5.46. The summed E-state index contributed by atoms with van der Waals surface area (Å²) in [7, 11) is 0. The van der Waals surface area contributed by atoms with Crippen LogP contribution in [0.15, 0.2) is 45.0 Å². The maximum absolute atomic E-state index is 11.9. The Morgan fingerprint density at radius 3 is 2.78 bits per heavy atom. The molecule has 0 saturated carbocycles. The molecule has 0 aliphatic rings. The molecule has 0 spiro atoms. The Kier molecular flexibility index (Phi) is 4.63. The molecule has 0 aliphatic heterocycles. The van der Waals surface area contributed by atoms with Crippen LogP contribution in [-0.2, 0) is 4.79 Å². The molecule has 1 amide bonds. The van der Waals surface area contributed by atoms with Crippen molar-refractivity contribution in [2.75, 3.05) is 11.1 Å². The number of carbonyl (C=O) groups excluding carboxylic acids is 1. The topological polar surface area (TPSA) is 88.2 Å². The number of thioether (sulfide) groups is 1. The number of benzene rings is 1. The third kappa shape index (κ3) is 3.91. The van der Waals surface area contributed by atoms with Gasteiger partial charge in [0.25, 0.3) is 5.89 Å². The molecule has 0 atom stereocenters. The number of aromatic nitrogens is 2. The van der Waals surface area contributed by atoms with Gasteiger partial charge in [-0.1, -0.05) is 5.10 Å². The fourth-order valence-electron chi connectivity index (χ4n) is 1.80. The van der Waals surface area contributed by atoms with Crippen LogP contribution in [0.25, 0.3) is 10.8 Å². The Morgan fingerprint density at radius 2 is 2.09 bits per heavy atom. The molecule has 0 radical (unpaired) electrons. The van der Waals surface area contributed by atoms with Crippen molar-refractivity contribution in [1.82, 2.24) is 10.2 Å². The monoisotopic (exact) mass is 347 g/mol. The molecule has 2 aromatic heterocycles. The molecule has 2 heterocycles. The summed E-state index contributed by atoms with van der Waals surface area (Å²) in [4.78, 5) is 13.7. The number of amides is 1. The molecule has 118 valence electrons. The zero-order chi connectivity index (χ0) is 16.2. The zero-order valence-corrected chi connectivity index (χ0v) is 13.8. The molecule has 0 fully saturated rings. The van der Waals surface area contributed by atoms with Gasteiger partial charge in [-0.05, 0) is 48.2 Å². The van der Waals surface area contributed by atoms with Gasteiger partial charge in [0.1, 0.15) is 5.75 Å². The highest BCUT2D eigenvalue weighted by molar-refractivity contribution is 8.00. The second-order valence-electron chi connectivity index (χ2n) is 4.68. The Bertz CT molecular complexity index is 811. The van der Waals surface area contributed by atoms with Gasteiger partial charge < -0.3 is 9.52 Å². The summed E-state index contributed by atoms with van der Waals surface area (Å²) in [6, 6.07) is 8.71. The lowest BCUT2D eigenvalue weighted by atomic mass is 10.3. The van der Waals surface area contributed by atoms with Crippen molar-refractivity contribution in [2.45, 2.75) is 11.8 Å². The van der Waals surface area contributed by atoms with Gasteiger partial charge in [0, 0.05) is 4.90 Å². The summed E-state index contributed by atoms with van der Waals surface area (Å²) in [6.45, 7) is 1.96. The molecule has 23 heavy (non-hydrogen) atoms. The minimum absolute atomic E-state index is 0.0871. The molecule has 6 nitrogen and oxygen atoms in total. The maximum atomic E-state index is 11.9. The van der Waals surface area contributed by atoms with Crippen LogP contribution >= 0.6 is 23.1 Å². The van der Waals surface area contributed by atoms with Gasteiger partial charge in [0.15, 0.2) is 0 Å². The fourth-order valence-corrected chi connectivity index (χ4v) is 3.35. The maximum Gasteiger partial charge on any atom is 0.322 e. The van der Waals surface area contributed by atoms with Crippen LogP contribution in [0.1, 0.15) is 5.56 Å². The third-order valence-corrected chi connectivity index (χ3v) is 4.95. The molecular weight excluding hydrogens is 334 g/mol. The van der Waals surface area contributed by atoms with Crippen molar-refractivity contribution in [3.05, 3.63) is 41.3 Å². The highest BCUT2D eigenvalue weighted by Crippen LogP contribution is 2.28. The van der Waals surface area contributed by atoms with E-state index in [1.807, 2.05) is 18.4 Å². The zero-order valence-electron chi connectivity index (χ0n) is 12.1. The van der Waals surface area contributed by atoms with E-state index in [1.54, 1.807) is 24.3 Å². The number of phenols is 1. The fraction of sp³-hybridized carbons (Fsp3) is 0.133. The van der Waals surface area contributed by atoms with Crippen molar-refractivity contribution < 1.29 is 14.3 Å². The number of rotatable bonds is 5. The Labute approximate surface area is 140 Å². The lowest BCUT2D eigenvalue weighted by molar-refractivity contribution is -0.113. The van der Waals surface area contributed by atoms with E-state index in [1.165, 1.54) is 23.1 Å². The molecule has 0 unspecified atom stereocenters.